The van der Waals surface area contributed by atoms with Crippen LogP contribution in [0.3, 0.4) is 0 Å². The maximum absolute atomic E-state index is 10.6. The quantitative estimate of drug-likeness (QED) is 0.332. The Bertz CT molecular complexity index is 201. The third-order valence-electron chi connectivity index (χ3n) is 2.06. The Morgan fingerprint density at radius 2 is 2.09 bits per heavy atom. The van der Waals surface area contributed by atoms with Crippen molar-refractivity contribution in [1.82, 2.24) is 0 Å². The molecule has 1 aliphatic carbocycles. The van der Waals surface area contributed by atoms with Crippen LogP contribution in [0.1, 0.15) is 25.7 Å². The summed E-state index contributed by atoms with van der Waals surface area (Å²) in [4.78, 5) is 10.6. The first-order chi connectivity index (χ1) is 5.33. The summed E-state index contributed by atoms with van der Waals surface area (Å²) in [7, 11) is 0. The zero-order chi connectivity index (χ0) is 8.10. The van der Waals surface area contributed by atoms with Crippen molar-refractivity contribution in [3.05, 3.63) is 12.2 Å². The fourth-order valence-corrected chi connectivity index (χ4v) is 1.42. The van der Waals surface area contributed by atoms with Gasteiger partial charge < -0.3 is 0 Å². The number of hydrogen-bond donors (Lipinski definition) is 0. The van der Waals surface area contributed by atoms with E-state index in [0.717, 1.165) is 0 Å². The molecule has 0 spiro atoms. The van der Waals surface area contributed by atoms with Crippen LogP contribution in [0.25, 0.3) is 0 Å². The third kappa shape index (κ3) is 2.59. The molecule has 1 fully saturated rings. The standard InChI is InChI=1S/C10H12O/c1-2-10(11)8-7-9-5-3-4-6-9/h1,7-9H,3-6H2/b8-7-. The van der Waals surface area contributed by atoms with E-state index in [-0.39, 0.29) is 5.78 Å². The molecule has 11 heavy (non-hydrogen) atoms. The minimum absolute atomic E-state index is 0.211. The molecular weight excluding hydrogens is 136 g/mol. The SMILES string of the molecule is C#CC(=O)/C=C\C1CCCC1. The highest BCUT2D eigenvalue weighted by Gasteiger charge is 2.11. The fourth-order valence-electron chi connectivity index (χ4n) is 1.42. The first kappa shape index (κ1) is 8.07. The summed E-state index contributed by atoms with van der Waals surface area (Å²) in [6, 6.07) is 0. The summed E-state index contributed by atoms with van der Waals surface area (Å²) < 4.78 is 0. The Hall–Kier alpha value is -1.03. The highest BCUT2D eigenvalue weighted by atomic mass is 16.1. The number of ketones is 1. The van der Waals surface area contributed by atoms with E-state index in [1.807, 2.05) is 6.08 Å². The molecule has 1 saturated carbocycles. The molecule has 0 bridgehead atoms. The maximum atomic E-state index is 10.6. The van der Waals surface area contributed by atoms with Gasteiger partial charge in [0, 0.05) is 0 Å². The van der Waals surface area contributed by atoms with Gasteiger partial charge in [-0.15, -0.1) is 6.42 Å². The summed E-state index contributed by atoms with van der Waals surface area (Å²) in [5, 5.41) is 0. The lowest BCUT2D eigenvalue weighted by Gasteiger charge is -1.97. The molecule has 0 N–H and O–H groups in total. The van der Waals surface area contributed by atoms with Crippen LogP contribution in [0.4, 0.5) is 0 Å². The van der Waals surface area contributed by atoms with E-state index in [1.54, 1.807) is 0 Å². The van der Waals surface area contributed by atoms with Crippen molar-refractivity contribution >= 4 is 5.78 Å². The van der Waals surface area contributed by atoms with Gasteiger partial charge in [0.1, 0.15) is 0 Å². The largest absolute Gasteiger partial charge is 0.280 e. The number of carbonyl (C=O) groups is 1. The Morgan fingerprint density at radius 1 is 1.45 bits per heavy atom. The molecule has 1 heteroatoms. The second-order valence-corrected chi connectivity index (χ2v) is 2.91. The Morgan fingerprint density at radius 3 is 2.64 bits per heavy atom. The number of terminal acetylenes is 1. The van der Waals surface area contributed by atoms with Crippen LogP contribution < -0.4 is 0 Å². The molecule has 0 heterocycles. The van der Waals surface area contributed by atoms with Gasteiger partial charge in [0.15, 0.2) is 0 Å². The van der Waals surface area contributed by atoms with Gasteiger partial charge in [0.05, 0.1) is 0 Å². The number of hydrogen-bond acceptors (Lipinski definition) is 1. The second-order valence-electron chi connectivity index (χ2n) is 2.91. The van der Waals surface area contributed by atoms with Gasteiger partial charge >= 0.3 is 0 Å². The molecule has 0 atom stereocenters. The average Bonchev–Trinajstić information content (AvgIpc) is 2.52. The molecular formula is C10H12O. The Kier molecular flexibility index (Phi) is 2.92. The third-order valence-corrected chi connectivity index (χ3v) is 2.06. The maximum Gasteiger partial charge on any atom is 0.228 e. The highest BCUT2D eigenvalue weighted by Crippen LogP contribution is 2.25. The van der Waals surface area contributed by atoms with Gasteiger partial charge in [0.2, 0.25) is 5.78 Å². The zero-order valence-corrected chi connectivity index (χ0v) is 6.55. The number of carbonyl (C=O) groups excluding carboxylic acids is 1. The van der Waals surface area contributed by atoms with Crippen molar-refractivity contribution in [1.29, 1.82) is 0 Å². The molecule has 58 valence electrons. The van der Waals surface area contributed by atoms with Crippen molar-refractivity contribution in [3.8, 4) is 12.3 Å². The summed E-state index contributed by atoms with van der Waals surface area (Å²) >= 11 is 0. The van der Waals surface area contributed by atoms with Crippen molar-refractivity contribution < 1.29 is 4.79 Å². The number of rotatable bonds is 2. The van der Waals surface area contributed by atoms with Gasteiger partial charge in [0.25, 0.3) is 0 Å². The average molecular weight is 148 g/mol. The summed E-state index contributed by atoms with van der Waals surface area (Å²) in [6.07, 6.45) is 13.4. The van der Waals surface area contributed by atoms with Gasteiger partial charge in [-0.05, 0) is 30.8 Å². The van der Waals surface area contributed by atoms with Crippen LogP contribution in [-0.2, 0) is 4.79 Å². The Balaban J connectivity index is 2.35. The predicted octanol–water partition coefficient (Wildman–Crippen LogP) is 1.94. The molecule has 0 aromatic rings. The normalized spacial score (nSPS) is 18.8. The van der Waals surface area contributed by atoms with E-state index < -0.39 is 0 Å². The summed E-state index contributed by atoms with van der Waals surface area (Å²) in [6.45, 7) is 0. The number of allylic oxidation sites excluding steroid dienone is 2. The van der Waals surface area contributed by atoms with Crippen LogP contribution in [0, 0.1) is 18.3 Å². The van der Waals surface area contributed by atoms with E-state index in [9.17, 15) is 4.79 Å². The van der Waals surface area contributed by atoms with Crippen LogP contribution in [0.2, 0.25) is 0 Å². The van der Waals surface area contributed by atoms with Crippen molar-refractivity contribution in [2.45, 2.75) is 25.7 Å². The molecule has 1 aliphatic rings. The van der Waals surface area contributed by atoms with Crippen molar-refractivity contribution in [2.75, 3.05) is 0 Å². The first-order valence-corrected chi connectivity index (χ1v) is 4.01. The minimum atomic E-state index is -0.211. The highest BCUT2D eigenvalue weighted by molar-refractivity contribution is 6.03. The smallest absolute Gasteiger partial charge is 0.228 e. The first-order valence-electron chi connectivity index (χ1n) is 4.01. The summed E-state index contributed by atoms with van der Waals surface area (Å²) in [5.74, 6) is 2.46. The van der Waals surface area contributed by atoms with E-state index in [0.29, 0.717) is 5.92 Å². The molecule has 0 unspecified atom stereocenters. The van der Waals surface area contributed by atoms with Crippen LogP contribution in [0.5, 0.6) is 0 Å². The van der Waals surface area contributed by atoms with Crippen molar-refractivity contribution in [2.24, 2.45) is 5.92 Å². The molecule has 1 rings (SSSR count). The minimum Gasteiger partial charge on any atom is -0.280 e. The van der Waals surface area contributed by atoms with Crippen LogP contribution >= 0.6 is 0 Å². The lowest BCUT2D eigenvalue weighted by Crippen LogP contribution is -1.90. The monoisotopic (exact) mass is 148 g/mol. The zero-order valence-electron chi connectivity index (χ0n) is 6.55. The molecule has 1 nitrogen and oxygen atoms in total. The lowest BCUT2D eigenvalue weighted by molar-refractivity contribution is -0.109. The van der Waals surface area contributed by atoms with Gasteiger partial charge in [-0.1, -0.05) is 18.9 Å². The molecule has 0 radical (unpaired) electrons. The van der Waals surface area contributed by atoms with E-state index in [2.05, 4.69) is 5.92 Å². The fraction of sp³-hybridized carbons (Fsp3) is 0.500. The second kappa shape index (κ2) is 3.98. The molecule has 0 saturated heterocycles. The molecule has 0 amide bonds. The Labute approximate surface area is 67.5 Å². The van der Waals surface area contributed by atoms with Crippen molar-refractivity contribution in [3.63, 3.8) is 0 Å². The summed E-state index contributed by atoms with van der Waals surface area (Å²) in [5.41, 5.74) is 0. The van der Waals surface area contributed by atoms with E-state index >= 15 is 0 Å². The van der Waals surface area contributed by atoms with Gasteiger partial charge in [-0.2, -0.15) is 0 Å². The lowest BCUT2D eigenvalue weighted by atomic mass is 10.1. The topological polar surface area (TPSA) is 17.1 Å². The van der Waals surface area contributed by atoms with Gasteiger partial charge in [-0.3, -0.25) is 4.79 Å². The van der Waals surface area contributed by atoms with E-state index in [4.69, 9.17) is 6.42 Å². The molecule has 0 aliphatic heterocycles. The molecule has 0 aromatic heterocycles. The van der Waals surface area contributed by atoms with Crippen LogP contribution in [-0.4, -0.2) is 5.78 Å². The van der Waals surface area contributed by atoms with Gasteiger partial charge in [-0.25, -0.2) is 0 Å². The van der Waals surface area contributed by atoms with Crippen LogP contribution in [0.15, 0.2) is 12.2 Å². The molecule has 0 aromatic carbocycles. The van der Waals surface area contributed by atoms with E-state index in [1.165, 1.54) is 31.8 Å². The predicted molar refractivity (Wildman–Crippen MR) is 44.9 cm³/mol.